The first-order chi connectivity index (χ1) is 7.68. The van der Waals surface area contributed by atoms with Gasteiger partial charge in [0, 0.05) is 24.5 Å². The number of nitrogens with zero attached hydrogens (tertiary/aromatic N) is 2. The van der Waals surface area contributed by atoms with Gasteiger partial charge in [0.2, 0.25) is 0 Å². The van der Waals surface area contributed by atoms with E-state index in [9.17, 15) is 8.78 Å². The van der Waals surface area contributed by atoms with Crippen molar-refractivity contribution in [3.63, 3.8) is 0 Å². The van der Waals surface area contributed by atoms with E-state index in [0.29, 0.717) is 6.54 Å². The predicted octanol–water partition coefficient (Wildman–Crippen LogP) is 1.86. The van der Waals surface area contributed by atoms with Gasteiger partial charge in [-0.15, -0.1) is 0 Å². The number of imidazole rings is 1. The second-order valence-corrected chi connectivity index (χ2v) is 3.51. The van der Waals surface area contributed by atoms with Crippen molar-refractivity contribution in [1.29, 1.82) is 0 Å². The van der Waals surface area contributed by atoms with E-state index < -0.39 is 17.7 Å². The van der Waals surface area contributed by atoms with Gasteiger partial charge in [0.25, 0.3) is 0 Å². The molecule has 2 N–H and O–H groups in total. The Morgan fingerprint density at radius 2 is 2.19 bits per heavy atom. The number of rotatable bonds is 3. The Hall–Kier alpha value is -1.75. The fraction of sp³-hybridized carbons (Fsp3) is 0.182. The van der Waals surface area contributed by atoms with E-state index in [4.69, 9.17) is 5.73 Å². The molecule has 0 spiro atoms. The fourth-order valence-electron chi connectivity index (χ4n) is 1.53. The van der Waals surface area contributed by atoms with Crippen LogP contribution in [0, 0.1) is 11.6 Å². The van der Waals surface area contributed by atoms with Crippen LogP contribution < -0.4 is 5.73 Å². The quantitative estimate of drug-likeness (QED) is 0.863. The molecule has 0 saturated carbocycles. The number of nitrogens with two attached hydrogens (primary N) is 1. The maximum atomic E-state index is 13.4. The number of halogens is 2. The zero-order chi connectivity index (χ0) is 11.5. The largest absolute Gasteiger partial charge is 0.336 e. The summed E-state index contributed by atoms with van der Waals surface area (Å²) < 4.78 is 28.1. The van der Waals surface area contributed by atoms with E-state index >= 15 is 0 Å². The molecule has 0 aliphatic rings. The minimum absolute atomic E-state index is 0.175. The zero-order valence-corrected chi connectivity index (χ0v) is 8.48. The molecule has 2 rings (SSSR count). The Labute approximate surface area is 91.5 Å². The van der Waals surface area contributed by atoms with E-state index in [2.05, 4.69) is 4.98 Å². The summed E-state index contributed by atoms with van der Waals surface area (Å²) >= 11 is 0. The van der Waals surface area contributed by atoms with Gasteiger partial charge in [0.1, 0.15) is 0 Å². The molecule has 0 amide bonds. The molecule has 1 heterocycles. The van der Waals surface area contributed by atoms with E-state index in [0.717, 1.165) is 6.07 Å². The third kappa shape index (κ3) is 2.09. The van der Waals surface area contributed by atoms with Gasteiger partial charge in [-0.3, -0.25) is 0 Å². The van der Waals surface area contributed by atoms with Crippen LogP contribution in [0.5, 0.6) is 0 Å². The molecule has 1 atom stereocenters. The van der Waals surface area contributed by atoms with Crippen molar-refractivity contribution >= 4 is 0 Å². The standard InChI is InChI=1S/C11H11F2N3/c12-9-3-1-2-8(11(9)13)10(14)6-16-5-4-15-7-16/h1-5,7,10H,6,14H2. The van der Waals surface area contributed by atoms with E-state index in [1.807, 2.05) is 0 Å². The third-order valence-corrected chi connectivity index (χ3v) is 2.35. The van der Waals surface area contributed by atoms with Crippen LogP contribution in [0.1, 0.15) is 11.6 Å². The highest BCUT2D eigenvalue weighted by atomic mass is 19.2. The molecule has 1 aromatic carbocycles. The zero-order valence-electron chi connectivity index (χ0n) is 8.48. The predicted molar refractivity (Wildman–Crippen MR) is 55.5 cm³/mol. The molecule has 0 saturated heterocycles. The molecule has 1 unspecified atom stereocenters. The first kappa shape index (κ1) is 10.8. The Morgan fingerprint density at radius 3 is 2.88 bits per heavy atom. The molecule has 3 nitrogen and oxygen atoms in total. The Kier molecular flexibility index (Phi) is 2.96. The molecule has 84 valence electrons. The van der Waals surface area contributed by atoms with Crippen LogP contribution in [-0.2, 0) is 6.54 Å². The summed E-state index contributed by atoms with van der Waals surface area (Å²) in [5, 5.41) is 0. The van der Waals surface area contributed by atoms with Crippen LogP contribution in [0.15, 0.2) is 36.9 Å². The van der Waals surface area contributed by atoms with Crippen molar-refractivity contribution in [3.05, 3.63) is 54.1 Å². The van der Waals surface area contributed by atoms with Crippen LogP contribution in [0.4, 0.5) is 8.78 Å². The van der Waals surface area contributed by atoms with Crippen LogP contribution in [0.3, 0.4) is 0 Å². The van der Waals surface area contributed by atoms with Crippen molar-refractivity contribution in [1.82, 2.24) is 9.55 Å². The smallest absolute Gasteiger partial charge is 0.163 e. The number of aromatic nitrogens is 2. The van der Waals surface area contributed by atoms with Crippen molar-refractivity contribution in [2.75, 3.05) is 0 Å². The molecular formula is C11H11F2N3. The van der Waals surface area contributed by atoms with Gasteiger partial charge in [-0.1, -0.05) is 12.1 Å². The molecule has 16 heavy (non-hydrogen) atoms. The number of benzene rings is 1. The molecule has 0 aliphatic heterocycles. The van der Waals surface area contributed by atoms with Crippen molar-refractivity contribution in [3.8, 4) is 0 Å². The minimum atomic E-state index is -0.880. The highest BCUT2D eigenvalue weighted by Gasteiger charge is 2.14. The molecular weight excluding hydrogens is 212 g/mol. The van der Waals surface area contributed by atoms with Crippen LogP contribution in [-0.4, -0.2) is 9.55 Å². The van der Waals surface area contributed by atoms with Gasteiger partial charge in [0.05, 0.1) is 12.4 Å². The molecule has 0 bridgehead atoms. The lowest BCUT2D eigenvalue weighted by molar-refractivity contribution is 0.474. The van der Waals surface area contributed by atoms with E-state index in [-0.39, 0.29) is 5.56 Å². The Balaban J connectivity index is 2.21. The topological polar surface area (TPSA) is 43.8 Å². The fourth-order valence-corrected chi connectivity index (χ4v) is 1.53. The lowest BCUT2D eigenvalue weighted by Crippen LogP contribution is -2.18. The van der Waals surface area contributed by atoms with Gasteiger partial charge in [-0.25, -0.2) is 13.8 Å². The van der Waals surface area contributed by atoms with E-state index in [1.165, 1.54) is 12.1 Å². The van der Waals surface area contributed by atoms with Gasteiger partial charge < -0.3 is 10.3 Å². The lowest BCUT2D eigenvalue weighted by atomic mass is 10.1. The molecule has 2 aromatic rings. The summed E-state index contributed by atoms with van der Waals surface area (Å²) in [6.07, 6.45) is 4.91. The van der Waals surface area contributed by atoms with Crippen LogP contribution in [0.25, 0.3) is 0 Å². The monoisotopic (exact) mass is 223 g/mol. The Bertz CT molecular complexity index is 468. The van der Waals surface area contributed by atoms with Crippen molar-refractivity contribution in [2.45, 2.75) is 12.6 Å². The number of hydrogen-bond acceptors (Lipinski definition) is 2. The Morgan fingerprint density at radius 1 is 1.38 bits per heavy atom. The summed E-state index contributed by atoms with van der Waals surface area (Å²) in [5.41, 5.74) is 5.98. The lowest BCUT2D eigenvalue weighted by Gasteiger charge is -2.13. The van der Waals surface area contributed by atoms with E-state index in [1.54, 1.807) is 23.3 Å². The SMILES string of the molecule is NC(Cn1ccnc1)c1cccc(F)c1F. The van der Waals surface area contributed by atoms with Gasteiger partial charge in [-0.05, 0) is 6.07 Å². The molecule has 1 aromatic heterocycles. The highest BCUT2D eigenvalue weighted by Crippen LogP contribution is 2.18. The molecule has 0 aliphatic carbocycles. The maximum absolute atomic E-state index is 13.4. The van der Waals surface area contributed by atoms with Crippen molar-refractivity contribution in [2.24, 2.45) is 5.73 Å². The first-order valence-corrected chi connectivity index (χ1v) is 4.83. The van der Waals surface area contributed by atoms with Crippen LogP contribution >= 0.6 is 0 Å². The maximum Gasteiger partial charge on any atom is 0.163 e. The average molecular weight is 223 g/mol. The van der Waals surface area contributed by atoms with Gasteiger partial charge >= 0.3 is 0 Å². The summed E-state index contributed by atoms with van der Waals surface area (Å²) in [6, 6.07) is 3.41. The van der Waals surface area contributed by atoms with Crippen molar-refractivity contribution < 1.29 is 8.78 Å². The number of hydrogen-bond donors (Lipinski definition) is 1. The molecule has 0 radical (unpaired) electrons. The molecule has 0 fully saturated rings. The normalized spacial score (nSPS) is 12.7. The second-order valence-electron chi connectivity index (χ2n) is 3.51. The second kappa shape index (κ2) is 4.40. The first-order valence-electron chi connectivity index (χ1n) is 4.83. The minimum Gasteiger partial charge on any atom is -0.336 e. The van der Waals surface area contributed by atoms with Crippen LogP contribution in [0.2, 0.25) is 0 Å². The summed E-state index contributed by atoms with van der Waals surface area (Å²) in [4.78, 5) is 3.85. The summed E-state index contributed by atoms with van der Waals surface area (Å²) in [7, 11) is 0. The summed E-state index contributed by atoms with van der Waals surface area (Å²) in [6.45, 7) is 0.361. The van der Waals surface area contributed by atoms with Gasteiger partial charge in [-0.2, -0.15) is 0 Å². The summed E-state index contributed by atoms with van der Waals surface area (Å²) in [5.74, 6) is -1.76. The highest BCUT2D eigenvalue weighted by molar-refractivity contribution is 5.22. The molecule has 5 heteroatoms. The third-order valence-electron chi connectivity index (χ3n) is 2.35. The van der Waals surface area contributed by atoms with Gasteiger partial charge in [0.15, 0.2) is 11.6 Å². The average Bonchev–Trinajstić information content (AvgIpc) is 2.74.